The molecular weight excluding hydrogens is 562 g/mol. The number of nitrogens with one attached hydrogen (secondary N) is 1. The van der Waals surface area contributed by atoms with Gasteiger partial charge in [-0.1, -0.05) is 25.1 Å². The third-order valence-corrected chi connectivity index (χ3v) is 6.53. The van der Waals surface area contributed by atoms with Crippen molar-refractivity contribution in [3.8, 4) is 34.5 Å². The number of aliphatic hydroxyl groups is 1. The average Bonchev–Trinajstić information content (AvgIpc) is 2.96. The molecule has 3 aromatic carbocycles. The molecule has 3 aromatic rings. The van der Waals surface area contributed by atoms with Crippen LogP contribution in [0.4, 0.5) is 0 Å². The van der Waals surface area contributed by atoms with E-state index < -0.39 is 47.0 Å². The van der Waals surface area contributed by atoms with Crippen molar-refractivity contribution in [2.24, 2.45) is 0 Å². The maximum Gasteiger partial charge on any atom is 0.345 e. The SMILES string of the molecule is CCNCC(c1ccc(O)c(O)c1)C(OC(=O)C=Cc1cc(O)c(O)cc1C=Cc1cc(O)c(O)cc1CCO)C(=O)O. The number of carbonyl (C=O) groups is 2. The first-order chi connectivity index (χ1) is 20.4. The van der Waals surface area contributed by atoms with E-state index in [-0.39, 0.29) is 36.6 Å². The van der Waals surface area contributed by atoms with E-state index in [1.807, 2.05) is 0 Å². The largest absolute Gasteiger partial charge is 0.504 e. The number of aliphatic carboxylic acids is 1. The van der Waals surface area contributed by atoms with E-state index in [0.29, 0.717) is 28.8 Å². The van der Waals surface area contributed by atoms with E-state index in [1.165, 1.54) is 60.7 Å². The van der Waals surface area contributed by atoms with Crippen LogP contribution in [0.5, 0.6) is 34.5 Å². The minimum atomic E-state index is -1.68. The van der Waals surface area contributed by atoms with Crippen LogP contribution < -0.4 is 5.32 Å². The third kappa shape index (κ3) is 8.41. The Morgan fingerprint density at radius 1 is 0.791 bits per heavy atom. The average molecular weight is 596 g/mol. The Morgan fingerprint density at radius 2 is 1.35 bits per heavy atom. The van der Waals surface area contributed by atoms with Crippen LogP contribution in [0, 0.1) is 0 Å². The molecule has 0 aliphatic carbocycles. The summed E-state index contributed by atoms with van der Waals surface area (Å²) in [4.78, 5) is 25.0. The van der Waals surface area contributed by atoms with E-state index >= 15 is 0 Å². The van der Waals surface area contributed by atoms with Crippen molar-refractivity contribution in [2.45, 2.75) is 25.4 Å². The number of phenols is 6. The number of carboxylic acids is 1. The Labute approximate surface area is 246 Å². The van der Waals surface area contributed by atoms with Crippen molar-refractivity contribution in [3.05, 3.63) is 76.4 Å². The van der Waals surface area contributed by atoms with Crippen LogP contribution in [0.25, 0.3) is 18.2 Å². The van der Waals surface area contributed by atoms with Crippen LogP contribution in [0.15, 0.2) is 48.5 Å². The van der Waals surface area contributed by atoms with E-state index in [1.54, 1.807) is 6.92 Å². The first-order valence-corrected chi connectivity index (χ1v) is 13.2. The zero-order chi connectivity index (χ0) is 31.7. The monoisotopic (exact) mass is 595 g/mol. The molecule has 12 nitrogen and oxygen atoms in total. The molecule has 3 rings (SSSR count). The molecule has 9 N–H and O–H groups in total. The predicted octanol–water partition coefficient (Wildman–Crippen LogP) is 3.03. The fraction of sp³-hybridized carbons (Fsp3) is 0.226. The summed E-state index contributed by atoms with van der Waals surface area (Å²) in [5, 5.41) is 81.6. The summed E-state index contributed by atoms with van der Waals surface area (Å²) in [5.41, 5.74) is 1.81. The quantitative estimate of drug-likeness (QED) is 0.0603. The third-order valence-electron chi connectivity index (χ3n) is 6.53. The Hall–Kier alpha value is -5.20. The normalized spacial score (nSPS) is 12.9. The van der Waals surface area contributed by atoms with Crippen LogP contribution in [0.2, 0.25) is 0 Å². The molecular formula is C31H33NO11. The van der Waals surface area contributed by atoms with Crippen molar-refractivity contribution < 1.29 is 55.2 Å². The van der Waals surface area contributed by atoms with Gasteiger partial charge in [0.2, 0.25) is 6.10 Å². The standard InChI is InChI=1S/C31H33NO11/c1-2-32-16-22(21-5-7-23(34)24(35)15-21)30(31(41)42)43-29(40)8-6-19-13-27(38)25(36)11-17(19)3-4-18-12-26(37)28(39)14-20(18)9-10-33/h3-8,11-15,22,30,32-39H,2,9-10,16H2,1H3,(H,41,42). The van der Waals surface area contributed by atoms with E-state index in [2.05, 4.69) is 5.32 Å². The summed E-state index contributed by atoms with van der Waals surface area (Å²) in [5.74, 6) is -5.98. The van der Waals surface area contributed by atoms with Gasteiger partial charge >= 0.3 is 11.9 Å². The van der Waals surface area contributed by atoms with Gasteiger partial charge in [0.25, 0.3) is 0 Å². The lowest BCUT2D eigenvalue weighted by molar-refractivity contribution is -0.162. The highest BCUT2D eigenvalue weighted by atomic mass is 16.6. The highest BCUT2D eigenvalue weighted by Crippen LogP contribution is 2.34. The van der Waals surface area contributed by atoms with Gasteiger partial charge in [-0.15, -0.1) is 0 Å². The van der Waals surface area contributed by atoms with Crippen LogP contribution in [-0.2, 0) is 20.7 Å². The lowest BCUT2D eigenvalue weighted by Crippen LogP contribution is -2.38. The lowest BCUT2D eigenvalue weighted by atomic mass is 9.92. The zero-order valence-electron chi connectivity index (χ0n) is 23.1. The summed E-state index contributed by atoms with van der Waals surface area (Å²) in [6.07, 6.45) is 3.72. The van der Waals surface area contributed by atoms with Gasteiger partial charge in [-0.3, -0.25) is 0 Å². The molecule has 0 heterocycles. The summed E-state index contributed by atoms with van der Waals surface area (Å²) >= 11 is 0. The smallest absolute Gasteiger partial charge is 0.345 e. The Morgan fingerprint density at radius 3 is 1.93 bits per heavy atom. The number of carboxylic acid groups (broad SMARTS) is 1. The molecule has 0 aliphatic heterocycles. The highest BCUT2D eigenvalue weighted by Gasteiger charge is 2.33. The second kappa shape index (κ2) is 14.6. The van der Waals surface area contributed by atoms with Crippen molar-refractivity contribution in [1.82, 2.24) is 5.32 Å². The number of aromatic hydroxyl groups is 6. The predicted molar refractivity (Wildman–Crippen MR) is 157 cm³/mol. The molecule has 0 aromatic heterocycles. The topological polar surface area (TPSA) is 217 Å². The maximum atomic E-state index is 12.8. The number of aliphatic hydroxyl groups excluding tert-OH is 1. The van der Waals surface area contributed by atoms with Gasteiger partial charge in [0.15, 0.2) is 34.5 Å². The first kappa shape index (κ1) is 32.3. The fourth-order valence-electron chi connectivity index (χ4n) is 4.30. The van der Waals surface area contributed by atoms with Crippen molar-refractivity contribution in [1.29, 1.82) is 0 Å². The molecule has 12 heteroatoms. The molecule has 0 amide bonds. The van der Waals surface area contributed by atoms with Gasteiger partial charge in [-0.2, -0.15) is 0 Å². The molecule has 0 aliphatic rings. The number of carbonyl (C=O) groups excluding carboxylic acids is 1. The van der Waals surface area contributed by atoms with E-state index in [4.69, 9.17) is 4.74 Å². The summed E-state index contributed by atoms with van der Waals surface area (Å²) < 4.78 is 5.29. The first-order valence-electron chi connectivity index (χ1n) is 13.2. The van der Waals surface area contributed by atoms with Crippen LogP contribution in [0.1, 0.15) is 40.7 Å². The molecule has 0 saturated carbocycles. The molecule has 2 unspecified atom stereocenters. The molecule has 0 spiro atoms. The molecule has 0 radical (unpaired) electrons. The maximum absolute atomic E-state index is 12.8. The van der Waals surface area contributed by atoms with Crippen molar-refractivity contribution >= 4 is 30.2 Å². The minimum Gasteiger partial charge on any atom is -0.504 e. The van der Waals surface area contributed by atoms with Crippen molar-refractivity contribution in [2.75, 3.05) is 19.7 Å². The fourth-order valence-corrected chi connectivity index (χ4v) is 4.30. The zero-order valence-corrected chi connectivity index (χ0v) is 23.1. The van der Waals surface area contributed by atoms with Gasteiger partial charge in [-0.25, -0.2) is 9.59 Å². The number of rotatable bonds is 13. The number of phenolic OH excluding ortho intramolecular Hbond substituents is 6. The van der Waals surface area contributed by atoms with Gasteiger partial charge in [-0.05, 0) is 83.3 Å². The number of benzene rings is 3. The molecule has 0 fully saturated rings. The molecule has 2 atom stereocenters. The molecule has 0 bridgehead atoms. The summed E-state index contributed by atoms with van der Waals surface area (Å²) in [6, 6.07) is 8.77. The number of ether oxygens (including phenoxy) is 1. The summed E-state index contributed by atoms with van der Waals surface area (Å²) in [6.45, 7) is 2.13. The molecule has 43 heavy (non-hydrogen) atoms. The Bertz CT molecular complexity index is 1530. The van der Waals surface area contributed by atoms with Crippen molar-refractivity contribution in [3.63, 3.8) is 0 Å². The van der Waals surface area contributed by atoms with Gasteiger partial charge in [0, 0.05) is 25.1 Å². The second-order valence-electron chi connectivity index (χ2n) is 9.51. The van der Waals surface area contributed by atoms with Crippen LogP contribution in [0.3, 0.4) is 0 Å². The number of likely N-dealkylation sites (N-methyl/N-ethyl adjacent to an activating group) is 1. The van der Waals surface area contributed by atoms with Gasteiger partial charge in [0.05, 0.1) is 0 Å². The Balaban J connectivity index is 1.91. The summed E-state index contributed by atoms with van der Waals surface area (Å²) in [7, 11) is 0. The minimum absolute atomic E-state index is 0.0700. The number of hydrogen-bond acceptors (Lipinski definition) is 11. The number of hydrogen-bond donors (Lipinski definition) is 9. The molecule has 0 saturated heterocycles. The van der Waals surface area contributed by atoms with Gasteiger partial charge in [0.1, 0.15) is 0 Å². The Kier molecular flexibility index (Phi) is 11.0. The van der Waals surface area contributed by atoms with E-state index in [0.717, 1.165) is 6.08 Å². The highest BCUT2D eigenvalue weighted by molar-refractivity contribution is 5.91. The lowest BCUT2D eigenvalue weighted by Gasteiger charge is -2.24. The van der Waals surface area contributed by atoms with Crippen LogP contribution in [-0.4, -0.2) is 78.6 Å². The van der Waals surface area contributed by atoms with Crippen LogP contribution >= 0.6 is 0 Å². The van der Waals surface area contributed by atoms with Gasteiger partial charge < -0.3 is 50.9 Å². The number of esters is 1. The molecule has 228 valence electrons. The second-order valence-corrected chi connectivity index (χ2v) is 9.51. The van der Waals surface area contributed by atoms with E-state index in [9.17, 15) is 50.4 Å².